The van der Waals surface area contributed by atoms with Crippen molar-refractivity contribution in [3.63, 3.8) is 0 Å². The van der Waals surface area contributed by atoms with Gasteiger partial charge in [0.05, 0.1) is 5.88 Å². The zero-order chi connectivity index (χ0) is 8.36. The summed E-state index contributed by atoms with van der Waals surface area (Å²) in [5.41, 5.74) is -2.04. The Kier molecular flexibility index (Phi) is 4.57. The highest BCUT2D eigenvalue weighted by atomic mass is 35.5. The van der Waals surface area contributed by atoms with E-state index >= 15 is 0 Å². The van der Waals surface area contributed by atoms with Crippen LogP contribution in [0.2, 0.25) is 0 Å². The number of hydrogen-bond acceptors (Lipinski definition) is 0. The van der Waals surface area contributed by atoms with Gasteiger partial charge in [-0.3, -0.25) is 0 Å². The maximum Gasteiger partial charge on any atom is 0.217 e. The van der Waals surface area contributed by atoms with E-state index in [1.807, 2.05) is 0 Å². The Hall–Kier alpha value is 1.02. The molecule has 0 aliphatic heterocycles. The van der Waals surface area contributed by atoms with Crippen LogP contribution in [0.15, 0.2) is 0 Å². The van der Waals surface area contributed by atoms with Crippen molar-refractivity contribution in [2.75, 3.05) is 5.88 Å². The lowest BCUT2D eigenvalue weighted by Crippen LogP contribution is -2.34. The molecule has 0 aromatic carbocycles. The minimum Gasteiger partial charge on any atom is -0.228 e. The van der Waals surface area contributed by atoms with E-state index in [2.05, 4.69) is 0 Å². The van der Waals surface area contributed by atoms with Crippen LogP contribution in [-0.4, -0.2) is 22.0 Å². The van der Waals surface area contributed by atoms with Crippen LogP contribution in [0.25, 0.3) is 0 Å². The Morgan fingerprint density at radius 1 is 1.40 bits per heavy atom. The van der Waals surface area contributed by atoms with Gasteiger partial charge in [-0.2, -0.15) is 0 Å². The highest BCUT2D eigenvalue weighted by Crippen LogP contribution is 2.32. The molecule has 0 nitrogen and oxygen atoms in total. The van der Waals surface area contributed by atoms with Crippen molar-refractivity contribution in [3.05, 3.63) is 0 Å². The summed E-state index contributed by atoms with van der Waals surface area (Å²) >= 11 is 19.9. The van der Waals surface area contributed by atoms with Gasteiger partial charge in [-0.1, -0.05) is 23.2 Å². The van der Waals surface area contributed by atoms with Crippen LogP contribution in [-0.2, 0) is 0 Å². The van der Waals surface area contributed by atoms with Gasteiger partial charge in [0.15, 0.2) is 5.63 Å². The first-order valence-electron chi connectivity index (χ1n) is 2.28. The third-order valence-electron chi connectivity index (χ3n) is 0.803. The molecule has 3 unspecified atom stereocenters. The molecule has 0 fully saturated rings. The first-order valence-corrected chi connectivity index (χ1v) is 4.06. The van der Waals surface area contributed by atoms with Gasteiger partial charge in [0.2, 0.25) is 5.13 Å². The molecule has 3 atom stereocenters. The van der Waals surface area contributed by atoms with Gasteiger partial charge < -0.3 is 0 Å². The number of halogens is 6. The van der Waals surface area contributed by atoms with Gasteiger partial charge in [0.25, 0.3) is 0 Å². The molecule has 0 saturated carbocycles. The number of hydrogen-bond donors (Lipinski definition) is 0. The third-order valence-corrected chi connectivity index (χ3v) is 2.76. The van der Waals surface area contributed by atoms with E-state index in [0.29, 0.717) is 0 Å². The Bertz CT molecular complexity index is 105. The molecule has 62 valence electrons. The second-order valence-corrected chi connectivity index (χ2v) is 3.41. The van der Waals surface area contributed by atoms with Crippen LogP contribution < -0.4 is 0 Å². The molecule has 0 aliphatic rings. The Labute approximate surface area is 77.4 Å². The van der Waals surface area contributed by atoms with Crippen LogP contribution in [0, 0.1) is 0 Å². The third kappa shape index (κ3) is 2.95. The standard InChI is InChI=1S/C4H4Cl4F2/c5-1-4(8,10)2(6)3(7)9/h2-3H,1H2. The maximum atomic E-state index is 12.6. The first-order chi connectivity index (χ1) is 4.41. The molecular weight excluding hydrogens is 228 g/mol. The first kappa shape index (κ1) is 11.0. The molecule has 0 aliphatic carbocycles. The van der Waals surface area contributed by atoms with Crippen molar-refractivity contribution >= 4 is 46.4 Å². The molecule has 0 rings (SSSR count). The molecule has 10 heavy (non-hydrogen) atoms. The second kappa shape index (κ2) is 4.15. The summed E-state index contributed by atoms with van der Waals surface area (Å²) in [6.07, 6.45) is 0. The summed E-state index contributed by atoms with van der Waals surface area (Å²) in [5.74, 6) is -0.601. The normalized spacial score (nSPS) is 23.4. The average molecular weight is 232 g/mol. The minimum atomic E-state index is -2.48. The lowest BCUT2D eigenvalue weighted by molar-refractivity contribution is 0.252. The lowest BCUT2D eigenvalue weighted by atomic mass is 10.3. The molecular formula is C4H4Cl4F2. The quantitative estimate of drug-likeness (QED) is 0.655. The predicted molar refractivity (Wildman–Crippen MR) is 40.8 cm³/mol. The van der Waals surface area contributed by atoms with Gasteiger partial charge >= 0.3 is 0 Å². The average Bonchev–Trinajstić information content (AvgIpc) is 1.86. The molecule has 0 aromatic rings. The molecule has 0 aromatic heterocycles. The smallest absolute Gasteiger partial charge is 0.217 e. The zero-order valence-electron chi connectivity index (χ0n) is 4.63. The minimum absolute atomic E-state index is 0.601. The zero-order valence-corrected chi connectivity index (χ0v) is 7.65. The summed E-state index contributed by atoms with van der Waals surface area (Å²) in [6.45, 7) is 0. The number of alkyl halides is 6. The van der Waals surface area contributed by atoms with Crippen molar-refractivity contribution < 1.29 is 8.78 Å². The molecule has 0 heterocycles. The fraction of sp³-hybridized carbons (Fsp3) is 1.00. The highest BCUT2D eigenvalue weighted by molar-refractivity contribution is 6.38. The monoisotopic (exact) mass is 230 g/mol. The van der Waals surface area contributed by atoms with Crippen molar-refractivity contribution in [3.8, 4) is 0 Å². The Morgan fingerprint density at radius 2 is 1.80 bits per heavy atom. The summed E-state index contributed by atoms with van der Waals surface area (Å²) < 4.78 is 24.7. The van der Waals surface area contributed by atoms with Crippen LogP contribution in [0.3, 0.4) is 0 Å². The van der Waals surface area contributed by atoms with E-state index < -0.39 is 22.0 Å². The van der Waals surface area contributed by atoms with E-state index in [4.69, 9.17) is 46.4 Å². The van der Waals surface area contributed by atoms with Crippen LogP contribution in [0.5, 0.6) is 0 Å². The SMILES string of the molecule is FC(Cl)C(Cl)C(F)(Cl)CCl. The molecule has 0 bridgehead atoms. The topological polar surface area (TPSA) is 0 Å². The molecule has 0 amide bonds. The summed E-state index contributed by atoms with van der Waals surface area (Å²) in [5, 5.41) is -4.11. The van der Waals surface area contributed by atoms with Crippen LogP contribution in [0.1, 0.15) is 0 Å². The Morgan fingerprint density at radius 3 is 1.90 bits per heavy atom. The summed E-state index contributed by atoms with van der Waals surface area (Å²) in [7, 11) is 0. The Balaban J connectivity index is 4.03. The summed E-state index contributed by atoms with van der Waals surface area (Å²) in [6, 6.07) is 0. The van der Waals surface area contributed by atoms with Crippen LogP contribution in [0.4, 0.5) is 8.78 Å². The van der Waals surface area contributed by atoms with Gasteiger partial charge in [-0.15, -0.1) is 23.2 Å². The molecule has 0 radical (unpaired) electrons. The molecule has 0 saturated heterocycles. The van der Waals surface area contributed by atoms with E-state index in [9.17, 15) is 8.78 Å². The predicted octanol–water partition coefficient (Wildman–Crippen LogP) is 3.27. The van der Waals surface area contributed by atoms with Gasteiger partial charge in [0, 0.05) is 0 Å². The number of rotatable bonds is 3. The van der Waals surface area contributed by atoms with Crippen molar-refractivity contribution in [2.45, 2.75) is 16.1 Å². The van der Waals surface area contributed by atoms with Crippen LogP contribution >= 0.6 is 46.4 Å². The summed E-state index contributed by atoms with van der Waals surface area (Å²) in [4.78, 5) is 0. The molecule has 6 heteroatoms. The lowest BCUT2D eigenvalue weighted by Gasteiger charge is -2.20. The van der Waals surface area contributed by atoms with E-state index in [0.717, 1.165) is 0 Å². The molecule has 0 N–H and O–H groups in total. The van der Waals surface area contributed by atoms with E-state index in [-0.39, 0.29) is 0 Å². The maximum absolute atomic E-state index is 12.6. The van der Waals surface area contributed by atoms with E-state index in [1.54, 1.807) is 0 Å². The van der Waals surface area contributed by atoms with E-state index in [1.165, 1.54) is 0 Å². The molecule has 0 spiro atoms. The van der Waals surface area contributed by atoms with Crippen molar-refractivity contribution in [1.29, 1.82) is 0 Å². The largest absolute Gasteiger partial charge is 0.228 e. The second-order valence-electron chi connectivity index (χ2n) is 1.63. The van der Waals surface area contributed by atoms with Crippen molar-refractivity contribution in [2.24, 2.45) is 0 Å². The highest BCUT2D eigenvalue weighted by Gasteiger charge is 2.40. The fourth-order valence-corrected chi connectivity index (χ4v) is 0.955. The van der Waals surface area contributed by atoms with Gasteiger partial charge in [0.1, 0.15) is 5.38 Å². The van der Waals surface area contributed by atoms with Gasteiger partial charge in [-0.25, -0.2) is 8.78 Å². The fourth-order valence-electron chi connectivity index (χ4n) is 0.258. The van der Waals surface area contributed by atoms with Gasteiger partial charge in [-0.05, 0) is 0 Å². The van der Waals surface area contributed by atoms with Crippen molar-refractivity contribution in [1.82, 2.24) is 0 Å².